The van der Waals surface area contributed by atoms with E-state index < -0.39 is 0 Å². The molecule has 0 atom stereocenters. The van der Waals surface area contributed by atoms with E-state index in [-0.39, 0.29) is 0 Å². The summed E-state index contributed by atoms with van der Waals surface area (Å²) in [6.45, 7) is 0. The number of aromatic nitrogens is 2. The molecule has 0 spiro atoms. The SMILES string of the molecule is c1ccc(-c2ccc(-n3c4ccccc4c4ccc(N(c5ccccc5)c5ccc(-c6cccc(-n7c8ccccc8c8ccccc87)c6)cc5)cc43)cc2)cc1. The van der Waals surface area contributed by atoms with Gasteiger partial charge in [-0.1, -0.05) is 146 Å². The van der Waals surface area contributed by atoms with E-state index >= 15 is 0 Å². The number of hydrogen-bond acceptors (Lipinski definition) is 1. The fourth-order valence-electron chi connectivity index (χ4n) is 8.66. The molecule has 0 radical (unpaired) electrons. The van der Waals surface area contributed by atoms with Crippen LogP contribution in [0, 0.1) is 0 Å². The summed E-state index contributed by atoms with van der Waals surface area (Å²) in [4.78, 5) is 2.36. The van der Waals surface area contributed by atoms with Gasteiger partial charge in [-0.3, -0.25) is 0 Å². The molecule has 0 N–H and O–H groups in total. The van der Waals surface area contributed by atoms with E-state index in [1.54, 1.807) is 0 Å². The first-order valence-corrected chi connectivity index (χ1v) is 19.5. The van der Waals surface area contributed by atoms with Gasteiger partial charge in [0.05, 0.1) is 22.1 Å². The minimum atomic E-state index is 1.10. The van der Waals surface area contributed by atoms with Crippen molar-refractivity contribution in [3.8, 4) is 33.6 Å². The number of para-hydroxylation sites is 4. The van der Waals surface area contributed by atoms with Gasteiger partial charge in [0.1, 0.15) is 0 Å². The molecule has 268 valence electrons. The fraction of sp³-hybridized carbons (Fsp3) is 0. The molecule has 0 aliphatic rings. The number of hydrogen-bond donors (Lipinski definition) is 0. The average Bonchev–Trinajstić information content (AvgIpc) is 3.80. The van der Waals surface area contributed by atoms with Gasteiger partial charge in [-0.25, -0.2) is 0 Å². The zero-order valence-corrected chi connectivity index (χ0v) is 31.2. The van der Waals surface area contributed by atoms with Gasteiger partial charge in [-0.05, 0) is 101 Å². The zero-order chi connectivity index (χ0) is 37.7. The predicted octanol–water partition coefficient (Wildman–Crippen LogP) is 14.7. The third kappa shape index (κ3) is 5.60. The molecule has 0 bridgehead atoms. The normalized spacial score (nSPS) is 11.5. The van der Waals surface area contributed by atoms with Gasteiger partial charge in [-0.15, -0.1) is 0 Å². The molecule has 0 aliphatic carbocycles. The van der Waals surface area contributed by atoms with Crippen molar-refractivity contribution in [2.45, 2.75) is 0 Å². The Morgan fingerprint density at radius 1 is 0.246 bits per heavy atom. The maximum Gasteiger partial charge on any atom is 0.0561 e. The molecule has 0 fully saturated rings. The van der Waals surface area contributed by atoms with Crippen molar-refractivity contribution in [3.63, 3.8) is 0 Å². The standard InChI is InChI=1S/C54H37N3/c1-3-14-38(15-4-1)39-26-32-44(33-27-39)56-51-23-10-9-22-49(51)50-35-34-46(37-54(50)56)55(42-17-5-2-6-18-42)43-30-28-40(29-31-43)41-16-13-19-45(36-41)57-52-24-11-7-20-47(52)48-21-8-12-25-53(48)57/h1-37H. The Morgan fingerprint density at radius 3 is 1.32 bits per heavy atom. The lowest BCUT2D eigenvalue weighted by atomic mass is 10.0. The number of benzene rings is 9. The maximum absolute atomic E-state index is 2.40. The minimum absolute atomic E-state index is 1.10. The minimum Gasteiger partial charge on any atom is -0.310 e. The van der Waals surface area contributed by atoms with Gasteiger partial charge in [0, 0.05) is 50.0 Å². The maximum atomic E-state index is 2.40. The topological polar surface area (TPSA) is 13.1 Å². The monoisotopic (exact) mass is 727 g/mol. The Labute approximate surface area is 331 Å². The van der Waals surface area contributed by atoms with Crippen molar-refractivity contribution in [1.82, 2.24) is 9.13 Å². The van der Waals surface area contributed by atoms with Crippen molar-refractivity contribution in [3.05, 3.63) is 224 Å². The largest absolute Gasteiger partial charge is 0.310 e. The van der Waals surface area contributed by atoms with Crippen LogP contribution < -0.4 is 4.90 Å². The van der Waals surface area contributed by atoms with Crippen LogP contribution in [0.4, 0.5) is 17.1 Å². The second-order valence-electron chi connectivity index (χ2n) is 14.6. The van der Waals surface area contributed by atoms with Crippen LogP contribution >= 0.6 is 0 Å². The highest BCUT2D eigenvalue weighted by Crippen LogP contribution is 2.41. The summed E-state index contributed by atoms with van der Waals surface area (Å²) in [6.07, 6.45) is 0. The molecule has 11 aromatic rings. The summed E-state index contributed by atoms with van der Waals surface area (Å²) >= 11 is 0. The van der Waals surface area contributed by atoms with Crippen molar-refractivity contribution < 1.29 is 0 Å². The summed E-state index contributed by atoms with van der Waals surface area (Å²) in [5.74, 6) is 0. The number of fused-ring (bicyclic) bond motifs is 6. The van der Waals surface area contributed by atoms with Crippen LogP contribution in [0.5, 0.6) is 0 Å². The first kappa shape index (κ1) is 32.8. The molecule has 3 nitrogen and oxygen atoms in total. The van der Waals surface area contributed by atoms with Crippen molar-refractivity contribution in [2.75, 3.05) is 4.90 Å². The van der Waals surface area contributed by atoms with E-state index in [1.807, 2.05) is 0 Å². The molecule has 0 aliphatic heterocycles. The molecule has 0 saturated heterocycles. The highest BCUT2D eigenvalue weighted by atomic mass is 15.1. The lowest BCUT2D eigenvalue weighted by Crippen LogP contribution is -2.10. The Morgan fingerprint density at radius 2 is 0.684 bits per heavy atom. The molecule has 2 heterocycles. The molecular formula is C54H37N3. The third-order valence-corrected chi connectivity index (χ3v) is 11.3. The Kier molecular flexibility index (Phi) is 7.82. The summed E-state index contributed by atoms with van der Waals surface area (Å²) in [5.41, 5.74) is 15.1. The quantitative estimate of drug-likeness (QED) is 0.159. The van der Waals surface area contributed by atoms with Gasteiger partial charge < -0.3 is 14.0 Å². The molecule has 3 heteroatoms. The predicted molar refractivity (Wildman–Crippen MR) is 241 cm³/mol. The molecule has 2 aromatic heterocycles. The molecule has 57 heavy (non-hydrogen) atoms. The second-order valence-corrected chi connectivity index (χ2v) is 14.6. The zero-order valence-electron chi connectivity index (χ0n) is 31.2. The summed E-state index contributed by atoms with van der Waals surface area (Å²) in [5, 5.41) is 5.00. The van der Waals surface area contributed by atoms with Gasteiger partial charge >= 0.3 is 0 Å². The molecule has 0 saturated carbocycles. The lowest BCUT2D eigenvalue weighted by molar-refractivity contribution is 1.18. The van der Waals surface area contributed by atoms with E-state index in [4.69, 9.17) is 0 Å². The van der Waals surface area contributed by atoms with Gasteiger partial charge in [0.25, 0.3) is 0 Å². The highest BCUT2D eigenvalue weighted by Gasteiger charge is 2.18. The van der Waals surface area contributed by atoms with Gasteiger partial charge in [0.15, 0.2) is 0 Å². The molecule has 0 unspecified atom stereocenters. The summed E-state index contributed by atoms with van der Waals surface area (Å²) in [6, 6.07) is 81.0. The molecule has 0 amide bonds. The van der Waals surface area contributed by atoms with Crippen LogP contribution in [-0.2, 0) is 0 Å². The van der Waals surface area contributed by atoms with E-state index in [1.165, 1.54) is 65.9 Å². The lowest BCUT2D eigenvalue weighted by Gasteiger charge is -2.26. The molecule has 9 aromatic carbocycles. The van der Waals surface area contributed by atoms with Crippen LogP contribution in [0.15, 0.2) is 224 Å². The van der Waals surface area contributed by atoms with Gasteiger partial charge in [-0.2, -0.15) is 0 Å². The number of nitrogens with zero attached hydrogens (tertiary/aromatic N) is 3. The highest BCUT2D eigenvalue weighted by molar-refractivity contribution is 6.11. The first-order valence-electron chi connectivity index (χ1n) is 19.5. The Bertz CT molecular complexity index is 3160. The van der Waals surface area contributed by atoms with Crippen LogP contribution in [-0.4, -0.2) is 9.13 Å². The Hall–Kier alpha value is -7.62. The van der Waals surface area contributed by atoms with Crippen LogP contribution in [0.3, 0.4) is 0 Å². The van der Waals surface area contributed by atoms with Gasteiger partial charge in [0.2, 0.25) is 0 Å². The van der Waals surface area contributed by atoms with Crippen molar-refractivity contribution in [1.29, 1.82) is 0 Å². The molecule has 11 rings (SSSR count). The fourth-order valence-corrected chi connectivity index (χ4v) is 8.66. The van der Waals surface area contributed by atoms with E-state index in [0.717, 1.165) is 28.4 Å². The summed E-state index contributed by atoms with van der Waals surface area (Å²) in [7, 11) is 0. The first-order chi connectivity index (χ1) is 28.3. The van der Waals surface area contributed by atoms with E-state index in [9.17, 15) is 0 Å². The van der Waals surface area contributed by atoms with Crippen LogP contribution in [0.25, 0.3) is 77.2 Å². The second kappa shape index (κ2) is 13.6. The van der Waals surface area contributed by atoms with Crippen molar-refractivity contribution in [2.24, 2.45) is 0 Å². The van der Waals surface area contributed by atoms with E-state index in [2.05, 4.69) is 238 Å². The van der Waals surface area contributed by atoms with Crippen LogP contribution in [0.2, 0.25) is 0 Å². The smallest absolute Gasteiger partial charge is 0.0561 e. The third-order valence-electron chi connectivity index (χ3n) is 11.3. The number of anilines is 3. The summed E-state index contributed by atoms with van der Waals surface area (Å²) < 4.78 is 4.78. The van der Waals surface area contributed by atoms with E-state index in [0.29, 0.717) is 0 Å². The number of rotatable bonds is 7. The van der Waals surface area contributed by atoms with Crippen LogP contribution in [0.1, 0.15) is 0 Å². The average molecular weight is 728 g/mol. The molecular weight excluding hydrogens is 691 g/mol. The van der Waals surface area contributed by atoms with Crippen molar-refractivity contribution >= 4 is 60.7 Å². The Balaban J connectivity index is 1.00.